The van der Waals surface area contributed by atoms with E-state index in [-0.39, 0.29) is 5.92 Å². The molecule has 2 aromatic rings. The number of aliphatic carboxylic acids is 1. The molecule has 0 heterocycles. The summed E-state index contributed by atoms with van der Waals surface area (Å²) in [4.78, 5) is 16.7. The molecule has 114 valence electrons. The van der Waals surface area contributed by atoms with Crippen LogP contribution >= 0.6 is 0 Å². The first-order valence-electron chi connectivity index (χ1n) is 7.36. The van der Waals surface area contributed by atoms with E-state index in [1.165, 1.54) is 27.3 Å². The largest absolute Gasteiger partial charge is 0.480 e. The van der Waals surface area contributed by atoms with Gasteiger partial charge in [-0.15, -0.1) is 0 Å². The number of hydrogen-bond donors (Lipinski definition) is 1. The number of nitrogens with zero attached hydrogens (tertiary/aromatic N) is 1. The Morgan fingerprint density at radius 3 is 2.14 bits per heavy atom. The number of rotatable bonds is 5. The lowest BCUT2D eigenvalue weighted by Crippen LogP contribution is -2.36. The van der Waals surface area contributed by atoms with Crippen LogP contribution in [0.4, 0.5) is 0 Å². The number of hydrogen-bond acceptors (Lipinski definition) is 3. The van der Waals surface area contributed by atoms with Crippen LogP contribution in [0.25, 0.3) is 11.1 Å². The fourth-order valence-corrected chi connectivity index (χ4v) is 2.90. The van der Waals surface area contributed by atoms with E-state index in [1.54, 1.807) is 14.0 Å². The molecular weight excluding hydrogens is 278 g/mol. The molecule has 0 bridgehead atoms. The van der Waals surface area contributed by atoms with Crippen molar-refractivity contribution in [3.8, 4) is 11.1 Å². The number of carboxylic acids is 1. The van der Waals surface area contributed by atoms with Crippen molar-refractivity contribution in [2.45, 2.75) is 18.9 Å². The highest BCUT2D eigenvalue weighted by Crippen LogP contribution is 2.44. The standard InChI is InChI=1S/C18H19NO3/c1-12(18(20)21)19(2)22-11-17-15-9-5-3-7-13(15)14-8-4-6-10-16(14)17/h3-10,12,17H,11H2,1-2H3,(H,20,21). The van der Waals surface area contributed by atoms with Gasteiger partial charge in [-0.3, -0.25) is 9.63 Å². The predicted octanol–water partition coefficient (Wildman–Crippen LogP) is 3.14. The van der Waals surface area contributed by atoms with Gasteiger partial charge in [-0.2, -0.15) is 5.06 Å². The topological polar surface area (TPSA) is 49.8 Å². The van der Waals surface area contributed by atoms with E-state index in [9.17, 15) is 4.79 Å². The van der Waals surface area contributed by atoms with Gasteiger partial charge in [0.1, 0.15) is 6.04 Å². The van der Waals surface area contributed by atoms with Crippen molar-refractivity contribution in [3.63, 3.8) is 0 Å². The van der Waals surface area contributed by atoms with Gasteiger partial charge >= 0.3 is 5.97 Å². The molecule has 1 aliphatic carbocycles. The first-order valence-corrected chi connectivity index (χ1v) is 7.36. The van der Waals surface area contributed by atoms with E-state index in [2.05, 4.69) is 24.3 Å². The number of likely N-dealkylation sites (N-methyl/N-ethyl adjacent to an activating group) is 1. The third-order valence-electron chi connectivity index (χ3n) is 4.31. The fraction of sp³-hybridized carbons (Fsp3) is 0.278. The molecule has 1 unspecified atom stereocenters. The van der Waals surface area contributed by atoms with Crippen molar-refractivity contribution in [1.82, 2.24) is 5.06 Å². The van der Waals surface area contributed by atoms with Crippen LogP contribution in [0.5, 0.6) is 0 Å². The summed E-state index contributed by atoms with van der Waals surface area (Å²) in [5.74, 6) is -0.759. The summed E-state index contributed by atoms with van der Waals surface area (Å²) in [5, 5.41) is 10.4. The number of benzene rings is 2. The van der Waals surface area contributed by atoms with Crippen LogP contribution in [0, 0.1) is 0 Å². The van der Waals surface area contributed by atoms with Gasteiger partial charge in [-0.05, 0) is 29.2 Å². The third-order valence-corrected chi connectivity index (χ3v) is 4.31. The van der Waals surface area contributed by atoms with Crippen molar-refractivity contribution in [2.24, 2.45) is 0 Å². The second-order valence-electron chi connectivity index (χ2n) is 5.58. The molecule has 0 radical (unpaired) electrons. The Balaban J connectivity index is 1.84. The molecule has 0 aliphatic heterocycles. The molecule has 0 aromatic heterocycles. The van der Waals surface area contributed by atoms with Crippen LogP contribution in [-0.2, 0) is 9.63 Å². The van der Waals surface area contributed by atoms with Crippen LogP contribution in [-0.4, -0.2) is 35.8 Å². The zero-order valence-electron chi connectivity index (χ0n) is 12.7. The SMILES string of the molecule is CC(C(=O)O)N(C)OCC1c2ccccc2-c2ccccc21. The molecule has 1 N–H and O–H groups in total. The highest BCUT2D eigenvalue weighted by Gasteiger charge is 2.29. The van der Waals surface area contributed by atoms with Gasteiger partial charge < -0.3 is 5.11 Å². The summed E-state index contributed by atoms with van der Waals surface area (Å²) in [6.45, 7) is 2.04. The molecule has 4 heteroatoms. The molecule has 3 rings (SSSR count). The number of carbonyl (C=O) groups is 1. The number of hydroxylamine groups is 2. The highest BCUT2D eigenvalue weighted by molar-refractivity contribution is 5.78. The van der Waals surface area contributed by atoms with Gasteiger partial charge in [-0.25, -0.2) is 0 Å². The van der Waals surface area contributed by atoms with Crippen molar-refractivity contribution >= 4 is 5.97 Å². The lowest BCUT2D eigenvalue weighted by molar-refractivity contribution is -0.185. The molecule has 0 saturated carbocycles. The molecular formula is C18H19NO3. The van der Waals surface area contributed by atoms with Crippen molar-refractivity contribution in [1.29, 1.82) is 0 Å². The first-order chi connectivity index (χ1) is 10.6. The van der Waals surface area contributed by atoms with Crippen LogP contribution in [0.2, 0.25) is 0 Å². The van der Waals surface area contributed by atoms with E-state index < -0.39 is 12.0 Å². The van der Waals surface area contributed by atoms with Gasteiger partial charge in [0.05, 0.1) is 6.61 Å². The number of fused-ring (bicyclic) bond motifs is 3. The summed E-state index contributed by atoms with van der Waals surface area (Å²) in [6.07, 6.45) is 0. The Kier molecular flexibility index (Phi) is 3.96. The van der Waals surface area contributed by atoms with E-state index >= 15 is 0 Å². The van der Waals surface area contributed by atoms with Gasteiger partial charge in [0.25, 0.3) is 0 Å². The molecule has 0 saturated heterocycles. The van der Waals surface area contributed by atoms with Crippen LogP contribution in [0.3, 0.4) is 0 Å². The average Bonchev–Trinajstić information content (AvgIpc) is 2.86. The van der Waals surface area contributed by atoms with Crippen molar-refractivity contribution in [2.75, 3.05) is 13.7 Å². The summed E-state index contributed by atoms with van der Waals surface area (Å²) in [6, 6.07) is 15.9. The quantitative estimate of drug-likeness (QED) is 0.861. The molecule has 0 spiro atoms. The van der Waals surface area contributed by atoms with Crippen molar-refractivity contribution < 1.29 is 14.7 Å². The Bertz CT molecular complexity index is 653. The summed E-state index contributed by atoms with van der Waals surface area (Å²) < 4.78 is 0. The highest BCUT2D eigenvalue weighted by atomic mass is 16.7. The van der Waals surface area contributed by atoms with E-state index in [0.29, 0.717) is 6.61 Å². The zero-order chi connectivity index (χ0) is 15.7. The maximum atomic E-state index is 11.0. The first kappa shape index (κ1) is 14.8. The summed E-state index contributed by atoms with van der Waals surface area (Å²) in [5.41, 5.74) is 4.95. The van der Waals surface area contributed by atoms with Crippen LogP contribution in [0.1, 0.15) is 24.0 Å². The zero-order valence-corrected chi connectivity index (χ0v) is 12.7. The third kappa shape index (κ3) is 2.51. The Hall–Kier alpha value is -2.17. The lowest BCUT2D eigenvalue weighted by Gasteiger charge is -2.23. The molecule has 22 heavy (non-hydrogen) atoms. The molecule has 0 amide bonds. The van der Waals surface area contributed by atoms with Crippen LogP contribution in [0.15, 0.2) is 48.5 Å². The minimum Gasteiger partial charge on any atom is -0.480 e. The van der Waals surface area contributed by atoms with Gasteiger partial charge in [0.15, 0.2) is 0 Å². The normalized spacial score (nSPS) is 14.7. The minimum absolute atomic E-state index is 0.135. The van der Waals surface area contributed by atoms with Crippen molar-refractivity contribution in [3.05, 3.63) is 59.7 Å². The van der Waals surface area contributed by atoms with Gasteiger partial charge in [0, 0.05) is 13.0 Å². The monoisotopic (exact) mass is 297 g/mol. The second-order valence-corrected chi connectivity index (χ2v) is 5.58. The average molecular weight is 297 g/mol. The lowest BCUT2D eigenvalue weighted by atomic mass is 9.98. The molecule has 2 aromatic carbocycles. The fourth-order valence-electron chi connectivity index (χ4n) is 2.90. The summed E-state index contributed by atoms with van der Waals surface area (Å²) >= 11 is 0. The van der Waals surface area contributed by atoms with E-state index in [1.807, 2.05) is 24.3 Å². The molecule has 4 nitrogen and oxygen atoms in total. The second kappa shape index (κ2) is 5.91. The smallest absolute Gasteiger partial charge is 0.323 e. The van der Waals surface area contributed by atoms with E-state index in [4.69, 9.17) is 9.94 Å². The summed E-state index contributed by atoms with van der Waals surface area (Å²) in [7, 11) is 1.66. The Morgan fingerprint density at radius 1 is 1.14 bits per heavy atom. The maximum absolute atomic E-state index is 11.0. The molecule has 1 aliphatic rings. The Morgan fingerprint density at radius 2 is 1.64 bits per heavy atom. The van der Waals surface area contributed by atoms with Gasteiger partial charge in [-0.1, -0.05) is 48.5 Å². The minimum atomic E-state index is -0.894. The van der Waals surface area contributed by atoms with E-state index in [0.717, 1.165) is 0 Å². The molecule has 0 fully saturated rings. The van der Waals surface area contributed by atoms with Gasteiger partial charge in [0.2, 0.25) is 0 Å². The predicted molar refractivity (Wildman–Crippen MR) is 84.5 cm³/mol. The van der Waals surface area contributed by atoms with Crippen LogP contribution < -0.4 is 0 Å². The number of carboxylic acid groups (broad SMARTS) is 1. The maximum Gasteiger partial charge on any atom is 0.323 e. The Labute approximate surface area is 129 Å². The molecule has 1 atom stereocenters.